The van der Waals surface area contributed by atoms with Crippen LogP contribution < -0.4 is 5.32 Å². The normalized spacial score (nSPS) is 24.2. The second-order valence-electron chi connectivity index (χ2n) is 11.7. The molecule has 0 spiro atoms. The average molecular weight is 518 g/mol. The molecule has 1 N–H and O–H groups in total. The molecular weight excluding hydrogens is 478 g/mol. The monoisotopic (exact) mass is 517 g/mol. The molecule has 3 aliphatic rings. The highest BCUT2D eigenvalue weighted by molar-refractivity contribution is 5.96. The predicted molar refractivity (Wildman–Crippen MR) is 144 cm³/mol. The van der Waals surface area contributed by atoms with Crippen molar-refractivity contribution in [1.29, 1.82) is 5.26 Å². The maximum Gasteiger partial charge on any atom is 0.271 e. The van der Waals surface area contributed by atoms with Crippen molar-refractivity contribution in [3.8, 4) is 6.07 Å². The second-order valence-corrected chi connectivity index (χ2v) is 11.7. The lowest BCUT2D eigenvalue weighted by Crippen LogP contribution is -2.52. The molecule has 38 heavy (non-hydrogen) atoms. The van der Waals surface area contributed by atoms with E-state index in [1.54, 1.807) is 12.1 Å². The third-order valence-electron chi connectivity index (χ3n) is 8.54. The van der Waals surface area contributed by atoms with Crippen LogP contribution in [0.25, 0.3) is 0 Å². The number of benzene rings is 1. The van der Waals surface area contributed by atoms with Gasteiger partial charge < -0.3 is 10.2 Å². The number of hydrogen-bond acceptors (Lipinski definition) is 5. The van der Waals surface area contributed by atoms with Crippen molar-refractivity contribution in [1.82, 2.24) is 10.2 Å². The maximum absolute atomic E-state index is 13.6. The van der Waals surface area contributed by atoms with E-state index in [9.17, 15) is 19.6 Å². The van der Waals surface area contributed by atoms with Crippen LogP contribution in [-0.4, -0.2) is 41.2 Å². The quantitative estimate of drug-likeness (QED) is 0.530. The minimum absolute atomic E-state index is 0.0908. The molecule has 1 aliphatic carbocycles. The summed E-state index contributed by atoms with van der Waals surface area (Å²) >= 11 is 0. The lowest BCUT2D eigenvalue weighted by Gasteiger charge is -2.40. The number of carbonyl (C=O) groups excluding carboxylic acids is 3. The number of nitrogens with zero attached hydrogens (tertiary/aromatic N) is 4. The van der Waals surface area contributed by atoms with E-state index in [-0.39, 0.29) is 42.3 Å². The average Bonchev–Trinajstić information content (AvgIpc) is 3.37. The molecule has 8 heteroatoms. The summed E-state index contributed by atoms with van der Waals surface area (Å²) in [5.74, 6) is -0.571. The molecule has 8 nitrogen and oxygen atoms in total. The molecule has 2 fully saturated rings. The van der Waals surface area contributed by atoms with Crippen molar-refractivity contribution < 1.29 is 14.4 Å². The molecule has 0 radical (unpaired) electrons. The van der Waals surface area contributed by atoms with Crippen molar-refractivity contribution in [2.24, 2.45) is 27.5 Å². The maximum atomic E-state index is 13.6. The molecule has 1 unspecified atom stereocenters. The van der Waals surface area contributed by atoms with E-state index in [2.05, 4.69) is 21.6 Å². The molecule has 2 aliphatic heterocycles. The molecule has 2 heterocycles. The van der Waals surface area contributed by atoms with E-state index < -0.39 is 5.41 Å². The van der Waals surface area contributed by atoms with Crippen molar-refractivity contribution >= 4 is 17.7 Å². The van der Waals surface area contributed by atoms with Gasteiger partial charge in [-0.05, 0) is 95.1 Å². The van der Waals surface area contributed by atoms with Gasteiger partial charge in [0.05, 0.1) is 35.7 Å². The first-order valence-corrected chi connectivity index (χ1v) is 13.8. The van der Waals surface area contributed by atoms with Gasteiger partial charge in [-0.3, -0.25) is 14.4 Å². The Kier molecular flexibility index (Phi) is 8.44. The van der Waals surface area contributed by atoms with Gasteiger partial charge in [0.2, 0.25) is 5.91 Å². The fourth-order valence-electron chi connectivity index (χ4n) is 6.36. The van der Waals surface area contributed by atoms with Crippen LogP contribution in [0.5, 0.6) is 0 Å². The summed E-state index contributed by atoms with van der Waals surface area (Å²) in [5.41, 5.74) is 2.41. The number of hydrogen-bond donors (Lipinski definition) is 1. The van der Waals surface area contributed by atoms with E-state index in [1.807, 2.05) is 44.7 Å². The van der Waals surface area contributed by atoms with E-state index >= 15 is 0 Å². The Labute approximate surface area is 225 Å². The highest BCUT2D eigenvalue weighted by Gasteiger charge is 2.47. The van der Waals surface area contributed by atoms with Crippen LogP contribution >= 0.6 is 0 Å². The fraction of sp³-hybridized carbons (Fsp3) is 0.600. The summed E-state index contributed by atoms with van der Waals surface area (Å²) in [6.45, 7) is 7.45. The zero-order valence-electron chi connectivity index (χ0n) is 23.0. The summed E-state index contributed by atoms with van der Waals surface area (Å²) in [4.78, 5) is 40.6. The number of allylic oxidation sites excluding steroid dienone is 1. The number of azo groups is 1. The Morgan fingerprint density at radius 2 is 1.84 bits per heavy atom. The summed E-state index contributed by atoms with van der Waals surface area (Å²) in [6, 6.07) is 7.79. The fourth-order valence-corrected chi connectivity index (χ4v) is 6.36. The van der Waals surface area contributed by atoms with E-state index in [4.69, 9.17) is 0 Å². The van der Waals surface area contributed by atoms with Crippen molar-refractivity contribution in [3.05, 3.63) is 46.7 Å². The first kappa shape index (κ1) is 27.7. The topological polar surface area (TPSA) is 115 Å². The van der Waals surface area contributed by atoms with Gasteiger partial charge in [-0.2, -0.15) is 10.4 Å². The largest absolute Gasteiger partial charge is 0.343 e. The number of carbonyl (C=O) groups is 3. The number of nitrogens with one attached hydrogen (secondary N) is 1. The molecule has 3 atom stereocenters. The van der Waals surface area contributed by atoms with Gasteiger partial charge in [0.1, 0.15) is 0 Å². The first-order valence-electron chi connectivity index (χ1n) is 13.8. The van der Waals surface area contributed by atoms with E-state index in [1.165, 1.54) is 19.3 Å². The predicted octanol–water partition coefficient (Wildman–Crippen LogP) is 5.27. The third-order valence-corrected chi connectivity index (χ3v) is 8.54. The van der Waals surface area contributed by atoms with Crippen LogP contribution in [0, 0.1) is 35.5 Å². The lowest BCUT2D eigenvalue weighted by atomic mass is 9.83. The number of rotatable bonds is 7. The zero-order chi connectivity index (χ0) is 27.4. The molecule has 1 aromatic carbocycles. The Morgan fingerprint density at radius 1 is 1.11 bits per heavy atom. The molecule has 0 bridgehead atoms. The molecule has 1 aromatic rings. The minimum Gasteiger partial charge on any atom is -0.343 e. The SMILES string of the molecule is CC1=CC(Cc2ccc(C(=O)NCC(=O)N3[C@H](C4CCCCC4)CC[C@@H]3C(C)(C)C#N)cc2C)C(=O)N=N1. The van der Waals surface area contributed by atoms with E-state index in [0.29, 0.717) is 17.9 Å². The molecule has 3 amide bonds. The van der Waals surface area contributed by atoms with Gasteiger partial charge in [-0.25, -0.2) is 0 Å². The Bertz CT molecular complexity index is 1190. The molecular formula is C30H39N5O3. The van der Waals surface area contributed by atoms with Crippen LogP contribution in [0.15, 0.2) is 40.2 Å². The molecule has 1 saturated heterocycles. The van der Waals surface area contributed by atoms with Gasteiger partial charge in [0.15, 0.2) is 0 Å². The summed E-state index contributed by atoms with van der Waals surface area (Å²) in [6.07, 6.45) is 9.93. The Morgan fingerprint density at radius 3 is 2.53 bits per heavy atom. The van der Waals surface area contributed by atoms with Crippen LogP contribution in [0.1, 0.15) is 87.2 Å². The smallest absolute Gasteiger partial charge is 0.271 e. The highest BCUT2D eigenvalue weighted by Crippen LogP contribution is 2.42. The summed E-state index contributed by atoms with van der Waals surface area (Å²) < 4.78 is 0. The molecule has 1 saturated carbocycles. The highest BCUT2D eigenvalue weighted by atomic mass is 16.2. The molecule has 4 rings (SSSR count). The van der Waals surface area contributed by atoms with Crippen LogP contribution in [0.2, 0.25) is 0 Å². The Hall–Kier alpha value is -3.34. The van der Waals surface area contributed by atoms with Gasteiger partial charge in [-0.1, -0.05) is 25.3 Å². The minimum atomic E-state index is -0.648. The van der Waals surface area contributed by atoms with E-state index in [0.717, 1.165) is 42.5 Å². The number of nitriles is 1. The lowest BCUT2D eigenvalue weighted by molar-refractivity contribution is -0.136. The first-order chi connectivity index (χ1) is 18.1. The van der Waals surface area contributed by atoms with Gasteiger partial charge in [-0.15, -0.1) is 5.11 Å². The van der Waals surface area contributed by atoms with Crippen molar-refractivity contribution in [2.45, 2.75) is 91.1 Å². The zero-order valence-corrected chi connectivity index (χ0v) is 23.0. The molecule has 202 valence electrons. The number of likely N-dealkylation sites (tertiary alicyclic amines) is 1. The van der Waals surface area contributed by atoms with Gasteiger partial charge >= 0.3 is 0 Å². The van der Waals surface area contributed by atoms with Crippen LogP contribution in [0.4, 0.5) is 0 Å². The number of amides is 3. The van der Waals surface area contributed by atoms with Gasteiger partial charge in [0, 0.05) is 11.6 Å². The van der Waals surface area contributed by atoms with Crippen molar-refractivity contribution in [3.63, 3.8) is 0 Å². The van der Waals surface area contributed by atoms with Crippen LogP contribution in [-0.2, 0) is 16.0 Å². The van der Waals surface area contributed by atoms with Crippen molar-refractivity contribution in [2.75, 3.05) is 6.54 Å². The van der Waals surface area contributed by atoms with Gasteiger partial charge in [0.25, 0.3) is 11.8 Å². The Balaban J connectivity index is 1.42. The third kappa shape index (κ3) is 6.03. The molecule has 0 aromatic heterocycles. The summed E-state index contributed by atoms with van der Waals surface area (Å²) in [5, 5.41) is 20.1. The van der Waals surface area contributed by atoms with Crippen LogP contribution in [0.3, 0.4) is 0 Å². The standard InChI is InChI=1S/C30H39N5O3/c1-19-14-23(11-10-22(19)16-24-15-20(2)33-34-29(24)38)28(37)32-17-27(36)35-25(21-8-6-5-7-9-21)12-13-26(35)30(3,4)18-31/h10-11,14-15,21,24-26H,5-9,12-13,16-17H2,1-4H3,(H,32,37)/t24?,25-,26+/m0/s1. The number of aryl methyl sites for hydroxylation is 1. The second kappa shape index (κ2) is 11.6. The summed E-state index contributed by atoms with van der Waals surface area (Å²) in [7, 11) is 0.